The standard InChI is InChI=1S/C10H11IO/c1-6-4-5-9(10(11)12)8(3)7(6)2/h4-5H,1-3H3. The van der Waals surface area contributed by atoms with Crippen LogP contribution in [0.2, 0.25) is 0 Å². The van der Waals surface area contributed by atoms with Gasteiger partial charge in [-0.1, -0.05) is 12.1 Å². The topological polar surface area (TPSA) is 17.1 Å². The first-order valence-electron chi connectivity index (χ1n) is 3.80. The molecule has 0 fully saturated rings. The Labute approximate surface area is 86.3 Å². The first kappa shape index (κ1) is 9.71. The summed E-state index contributed by atoms with van der Waals surface area (Å²) < 4.78 is 0.119. The van der Waals surface area contributed by atoms with Crippen LogP contribution in [0.5, 0.6) is 0 Å². The number of aryl methyl sites for hydroxylation is 1. The molecule has 0 bridgehead atoms. The minimum atomic E-state index is 0.119. The first-order chi connectivity index (χ1) is 5.54. The predicted molar refractivity (Wildman–Crippen MR) is 59.0 cm³/mol. The van der Waals surface area contributed by atoms with Crippen molar-refractivity contribution in [3.8, 4) is 0 Å². The van der Waals surface area contributed by atoms with Gasteiger partial charge in [0.15, 0.2) is 0 Å². The van der Waals surface area contributed by atoms with Gasteiger partial charge in [-0.05, 0) is 37.5 Å². The number of carbonyl (C=O) groups excluding carboxylic acids is 1. The van der Waals surface area contributed by atoms with Gasteiger partial charge in [0.1, 0.15) is 0 Å². The highest BCUT2D eigenvalue weighted by Crippen LogP contribution is 2.19. The molecule has 0 aliphatic rings. The zero-order chi connectivity index (χ0) is 9.30. The quantitative estimate of drug-likeness (QED) is 0.567. The maximum Gasteiger partial charge on any atom is 0.222 e. The summed E-state index contributed by atoms with van der Waals surface area (Å²) in [6.07, 6.45) is 0. The van der Waals surface area contributed by atoms with Gasteiger partial charge in [-0.25, -0.2) is 0 Å². The monoisotopic (exact) mass is 274 g/mol. The molecule has 0 N–H and O–H groups in total. The molecule has 0 aromatic heterocycles. The highest BCUT2D eigenvalue weighted by Gasteiger charge is 2.07. The van der Waals surface area contributed by atoms with Crippen LogP contribution in [0.4, 0.5) is 0 Å². The Morgan fingerprint density at radius 1 is 1.17 bits per heavy atom. The van der Waals surface area contributed by atoms with Gasteiger partial charge in [0.2, 0.25) is 3.79 Å². The molecule has 0 aliphatic carbocycles. The summed E-state index contributed by atoms with van der Waals surface area (Å²) in [7, 11) is 0. The molecule has 0 aliphatic heterocycles. The van der Waals surface area contributed by atoms with Gasteiger partial charge < -0.3 is 0 Å². The van der Waals surface area contributed by atoms with E-state index in [9.17, 15) is 4.79 Å². The zero-order valence-corrected chi connectivity index (χ0v) is 9.60. The number of rotatable bonds is 1. The van der Waals surface area contributed by atoms with E-state index >= 15 is 0 Å². The fraction of sp³-hybridized carbons (Fsp3) is 0.300. The Kier molecular flexibility index (Phi) is 2.88. The van der Waals surface area contributed by atoms with Gasteiger partial charge in [0.25, 0.3) is 0 Å². The molecule has 1 nitrogen and oxygen atoms in total. The Morgan fingerprint density at radius 2 is 1.75 bits per heavy atom. The van der Waals surface area contributed by atoms with E-state index in [0.717, 1.165) is 11.1 Å². The van der Waals surface area contributed by atoms with Crippen LogP contribution in [0.3, 0.4) is 0 Å². The molecule has 0 radical (unpaired) electrons. The molecular weight excluding hydrogens is 263 g/mol. The SMILES string of the molecule is Cc1ccc(C(=O)I)c(C)c1C. The number of hydrogen-bond acceptors (Lipinski definition) is 1. The molecule has 0 amide bonds. The van der Waals surface area contributed by atoms with Crippen LogP contribution in [0.25, 0.3) is 0 Å². The molecule has 12 heavy (non-hydrogen) atoms. The van der Waals surface area contributed by atoms with E-state index in [4.69, 9.17) is 0 Å². The van der Waals surface area contributed by atoms with Crippen molar-refractivity contribution < 1.29 is 4.79 Å². The van der Waals surface area contributed by atoms with Crippen molar-refractivity contribution in [2.45, 2.75) is 20.8 Å². The van der Waals surface area contributed by atoms with E-state index in [1.54, 1.807) is 0 Å². The lowest BCUT2D eigenvalue weighted by Crippen LogP contribution is -1.96. The minimum Gasteiger partial charge on any atom is -0.282 e. The summed E-state index contributed by atoms with van der Waals surface area (Å²) in [6, 6.07) is 3.89. The molecule has 1 rings (SSSR count). The summed E-state index contributed by atoms with van der Waals surface area (Å²) >= 11 is 1.82. The number of hydrogen-bond donors (Lipinski definition) is 0. The number of carbonyl (C=O) groups is 1. The first-order valence-corrected chi connectivity index (χ1v) is 4.88. The summed E-state index contributed by atoms with van der Waals surface area (Å²) in [5.41, 5.74) is 4.40. The lowest BCUT2D eigenvalue weighted by atomic mass is 10.00. The highest BCUT2D eigenvalue weighted by atomic mass is 127. The maximum atomic E-state index is 11.1. The average molecular weight is 274 g/mol. The Balaban J connectivity index is 3.36. The third-order valence-electron chi connectivity index (χ3n) is 2.27. The normalized spacial score (nSPS) is 10.0. The van der Waals surface area contributed by atoms with Crippen LogP contribution in [-0.4, -0.2) is 3.79 Å². The van der Waals surface area contributed by atoms with Gasteiger partial charge in [-0.15, -0.1) is 0 Å². The second-order valence-electron chi connectivity index (χ2n) is 2.95. The molecule has 0 atom stereocenters. The summed E-state index contributed by atoms with van der Waals surface area (Å²) in [6.45, 7) is 6.10. The van der Waals surface area contributed by atoms with Crippen molar-refractivity contribution in [1.29, 1.82) is 0 Å². The molecule has 0 unspecified atom stereocenters. The summed E-state index contributed by atoms with van der Waals surface area (Å²) in [5.74, 6) is 0. The lowest BCUT2D eigenvalue weighted by Gasteiger charge is -2.07. The Morgan fingerprint density at radius 3 is 2.25 bits per heavy atom. The van der Waals surface area contributed by atoms with Gasteiger partial charge >= 0.3 is 0 Å². The van der Waals surface area contributed by atoms with Crippen molar-refractivity contribution in [2.75, 3.05) is 0 Å². The second-order valence-corrected chi connectivity index (χ2v) is 3.93. The molecule has 0 spiro atoms. The smallest absolute Gasteiger partial charge is 0.222 e. The van der Waals surface area contributed by atoms with E-state index < -0.39 is 0 Å². The van der Waals surface area contributed by atoms with Crippen molar-refractivity contribution in [3.05, 3.63) is 34.4 Å². The highest BCUT2D eigenvalue weighted by molar-refractivity contribution is 14.1. The third-order valence-corrected chi connectivity index (χ3v) is 2.85. The average Bonchev–Trinajstić information content (AvgIpc) is 2.00. The van der Waals surface area contributed by atoms with Crippen LogP contribution in [0.15, 0.2) is 12.1 Å². The van der Waals surface area contributed by atoms with Crippen LogP contribution in [0, 0.1) is 20.8 Å². The maximum absolute atomic E-state index is 11.1. The lowest BCUT2D eigenvalue weighted by molar-refractivity contribution is 0.110. The molecule has 0 heterocycles. The van der Waals surface area contributed by atoms with E-state index in [0.29, 0.717) is 0 Å². The number of halogens is 1. The molecule has 64 valence electrons. The van der Waals surface area contributed by atoms with Crippen LogP contribution in [0.1, 0.15) is 27.0 Å². The summed E-state index contributed by atoms with van der Waals surface area (Å²) in [5, 5.41) is 0. The van der Waals surface area contributed by atoms with Gasteiger partial charge in [0, 0.05) is 28.2 Å². The van der Waals surface area contributed by atoms with E-state index in [1.165, 1.54) is 11.1 Å². The van der Waals surface area contributed by atoms with E-state index in [2.05, 4.69) is 6.92 Å². The van der Waals surface area contributed by atoms with E-state index in [1.807, 2.05) is 48.6 Å². The van der Waals surface area contributed by atoms with Crippen molar-refractivity contribution >= 4 is 26.4 Å². The second kappa shape index (κ2) is 3.56. The van der Waals surface area contributed by atoms with Crippen LogP contribution in [-0.2, 0) is 0 Å². The Bertz CT molecular complexity index is 329. The molecule has 2 heteroatoms. The molecule has 1 aromatic carbocycles. The fourth-order valence-corrected chi connectivity index (χ4v) is 1.75. The van der Waals surface area contributed by atoms with Gasteiger partial charge in [-0.3, -0.25) is 4.79 Å². The Hall–Kier alpha value is -0.380. The van der Waals surface area contributed by atoms with Crippen molar-refractivity contribution in [3.63, 3.8) is 0 Å². The van der Waals surface area contributed by atoms with Crippen LogP contribution >= 0.6 is 22.6 Å². The van der Waals surface area contributed by atoms with Gasteiger partial charge in [0.05, 0.1) is 0 Å². The molecular formula is C10H11IO. The molecule has 0 saturated carbocycles. The number of benzene rings is 1. The van der Waals surface area contributed by atoms with Gasteiger partial charge in [-0.2, -0.15) is 0 Å². The molecule has 0 saturated heterocycles. The summed E-state index contributed by atoms with van der Waals surface area (Å²) in [4.78, 5) is 11.1. The largest absolute Gasteiger partial charge is 0.282 e. The van der Waals surface area contributed by atoms with Crippen molar-refractivity contribution in [2.24, 2.45) is 0 Å². The van der Waals surface area contributed by atoms with Crippen molar-refractivity contribution in [1.82, 2.24) is 0 Å². The zero-order valence-electron chi connectivity index (χ0n) is 7.44. The minimum absolute atomic E-state index is 0.119. The third kappa shape index (κ3) is 1.68. The molecule has 1 aromatic rings. The fourth-order valence-electron chi connectivity index (χ4n) is 1.17. The predicted octanol–water partition coefficient (Wildman–Crippen LogP) is 3.19. The van der Waals surface area contributed by atoms with Crippen LogP contribution < -0.4 is 0 Å². The van der Waals surface area contributed by atoms with E-state index in [-0.39, 0.29) is 3.79 Å².